The molecule has 5 heteroatoms. The summed E-state index contributed by atoms with van der Waals surface area (Å²) in [5, 5.41) is 14.6. The molecule has 96 valence electrons. The smallest absolute Gasteiger partial charge is 0.163 e. The summed E-state index contributed by atoms with van der Waals surface area (Å²) in [6.07, 6.45) is 4.25. The second-order valence-corrected chi connectivity index (χ2v) is 4.11. The Morgan fingerprint density at radius 2 is 2.17 bits per heavy atom. The van der Waals surface area contributed by atoms with E-state index in [2.05, 4.69) is 10.1 Å². The van der Waals surface area contributed by atoms with E-state index in [9.17, 15) is 5.11 Å². The highest BCUT2D eigenvalue weighted by Crippen LogP contribution is 2.29. The van der Waals surface area contributed by atoms with Crippen LogP contribution in [-0.2, 0) is 6.54 Å². The molecule has 0 aliphatic heterocycles. The van der Waals surface area contributed by atoms with Gasteiger partial charge in [-0.25, -0.2) is 0 Å². The van der Waals surface area contributed by atoms with E-state index in [0.717, 1.165) is 11.1 Å². The maximum atomic E-state index is 10.4. The van der Waals surface area contributed by atoms with Crippen molar-refractivity contribution in [2.24, 2.45) is 0 Å². The van der Waals surface area contributed by atoms with Crippen molar-refractivity contribution in [2.75, 3.05) is 7.11 Å². The van der Waals surface area contributed by atoms with E-state index >= 15 is 0 Å². The van der Waals surface area contributed by atoms with E-state index in [1.807, 2.05) is 19.9 Å². The molecule has 1 unspecified atom stereocenters. The van der Waals surface area contributed by atoms with Crippen LogP contribution in [0.5, 0.6) is 5.75 Å². The van der Waals surface area contributed by atoms with Crippen LogP contribution in [0.3, 0.4) is 0 Å². The van der Waals surface area contributed by atoms with Gasteiger partial charge >= 0.3 is 0 Å². The zero-order chi connectivity index (χ0) is 13.1. The standard InChI is InChI=1S/C13H17N3O2/c1-4-16-12(11(18-3)8-15-16)13(17)10-5-9(2)6-14-7-10/h5-8,13,17H,4H2,1-3H3. The Balaban J connectivity index is 2.44. The first-order chi connectivity index (χ1) is 8.67. The number of hydrogen-bond acceptors (Lipinski definition) is 4. The average molecular weight is 247 g/mol. The van der Waals surface area contributed by atoms with Gasteiger partial charge in [0.05, 0.1) is 13.3 Å². The first-order valence-corrected chi connectivity index (χ1v) is 5.86. The molecule has 1 atom stereocenters. The van der Waals surface area contributed by atoms with Crippen LogP contribution in [0, 0.1) is 6.92 Å². The minimum atomic E-state index is -0.783. The van der Waals surface area contributed by atoms with Gasteiger partial charge in [-0.1, -0.05) is 6.07 Å². The van der Waals surface area contributed by atoms with Gasteiger partial charge in [0.25, 0.3) is 0 Å². The molecule has 0 spiro atoms. The van der Waals surface area contributed by atoms with Crippen molar-refractivity contribution in [3.8, 4) is 5.75 Å². The summed E-state index contributed by atoms with van der Waals surface area (Å²) in [7, 11) is 1.57. The molecular weight excluding hydrogens is 230 g/mol. The molecule has 0 saturated carbocycles. The summed E-state index contributed by atoms with van der Waals surface area (Å²) in [5.41, 5.74) is 2.41. The minimum Gasteiger partial charge on any atom is -0.493 e. The number of hydrogen-bond donors (Lipinski definition) is 1. The highest BCUT2D eigenvalue weighted by Gasteiger charge is 2.21. The van der Waals surface area contributed by atoms with Crippen LogP contribution in [0.1, 0.15) is 29.8 Å². The molecular formula is C13H17N3O2. The maximum absolute atomic E-state index is 10.4. The van der Waals surface area contributed by atoms with E-state index < -0.39 is 6.10 Å². The molecule has 0 saturated heterocycles. The van der Waals surface area contributed by atoms with Crippen LogP contribution in [0.15, 0.2) is 24.7 Å². The number of nitrogens with zero attached hydrogens (tertiary/aromatic N) is 3. The number of aliphatic hydroxyl groups excluding tert-OH is 1. The normalized spacial score (nSPS) is 12.4. The molecule has 2 aromatic rings. The van der Waals surface area contributed by atoms with Crippen LogP contribution < -0.4 is 4.74 Å². The van der Waals surface area contributed by atoms with E-state index in [0.29, 0.717) is 18.0 Å². The van der Waals surface area contributed by atoms with Crippen molar-refractivity contribution < 1.29 is 9.84 Å². The van der Waals surface area contributed by atoms with Crippen LogP contribution in [0.4, 0.5) is 0 Å². The number of methoxy groups -OCH3 is 1. The zero-order valence-corrected chi connectivity index (χ0v) is 10.8. The van der Waals surface area contributed by atoms with E-state index in [1.165, 1.54) is 0 Å². The fraction of sp³-hybridized carbons (Fsp3) is 0.385. The third-order valence-corrected chi connectivity index (χ3v) is 2.84. The molecule has 0 radical (unpaired) electrons. The summed E-state index contributed by atoms with van der Waals surface area (Å²) in [5.74, 6) is 0.589. The van der Waals surface area contributed by atoms with Crippen molar-refractivity contribution >= 4 is 0 Å². The highest BCUT2D eigenvalue weighted by atomic mass is 16.5. The maximum Gasteiger partial charge on any atom is 0.163 e. The van der Waals surface area contributed by atoms with E-state index in [-0.39, 0.29) is 0 Å². The lowest BCUT2D eigenvalue weighted by molar-refractivity contribution is 0.202. The number of pyridine rings is 1. The Labute approximate surface area is 106 Å². The van der Waals surface area contributed by atoms with Gasteiger partial charge in [-0.15, -0.1) is 0 Å². The first kappa shape index (κ1) is 12.6. The number of rotatable bonds is 4. The van der Waals surface area contributed by atoms with Crippen molar-refractivity contribution in [3.05, 3.63) is 41.5 Å². The second-order valence-electron chi connectivity index (χ2n) is 4.11. The molecule has 2 aromatic heterocycles. The lowest BCUT2D eigenvalue weighted by Gasteiger charge is -2.14. The largest absolute Gasteiger partial charge is 0.493 e. The van der Waals surface area contributed by atoms with Crippen molar-refractivity contribution in [3.63, 3.8) is 0 Å². The van der Waals surface area contributed by atoms with Gasteiger partial charge in [0.15, 0.2) is 5.75 Å². The summed E-state index contributed by atoms with van der Waals surface area (Å²) in [6.45, 7) is 4.59. The molecule has 0 bridgehead atoms. The monoisotopic (exact) mass is 247 g/mol. The minimum absolute atomic E-state index is 0.589. The van der Waals surface area contributed by atoms with Crippen molar-refractivity contribution in [1.82, 2.24) is 14.8 Å². The molecule has 1 N–H and O–H groups in total. The average Bonchev–Trinajstić information content (AvgIpc) is 2.80. The van der Waals surface area contributed by atoms with Gasteiger partial charge < -0.3 is 9.84 Å². The van der Waals surface area contributed by atoms with Crippen LogP contribution in [0.2, 0.25) is 0 Å². The van der Waals surface area contributed by atoms with E-state index in [1.54, 1.807) is 30.4 Å². The molecule has 0 fully saturated rings. The molecule has 18 heavy (non-hydrogen) atoms. The predicted octanol–water partition coefficient (Wildman–Crippen LogP) is 1.70. The Bertz CT molecular complexity index is 515. The Kier molecular flexibility index (Phi) is 3.62. The third-order valence-electron chi connectivity index (χ3n) is 2.84. The van der Waals surface area contributed by atoms with Crippen LogP contribution >= 0.6 is 0 Å². The lowest BCUT2D eigenvalue weighted by atomic mass is 10.1. The molecule has 0 aromatic carbocycles. The summed E-state index contributed by atoms with van der Waals surface area (Å²) >= 11 is 0. The fourth-order valence-electron chi connectivity index (χ4n) is 1.95. The number of aryl methyl sites for hydroxylation is 2. The molecule has 2 rings (SSSR count). The third kappa shape index (κ3) is 2.22. The number of aromatic nitrogens is 3. The van der Waals surface area contributed by atoms with Gasteiger partial charge in [0, 0.05) is 24.5 Å². The van der Waals surface area contributed by atoms with E-state index in [4.69, 9.17) is 4.74 Å². The van der Waals surface area contributed by atoms with Gasteiger partial charge in [-0.05, 0) is 19.4 Å². The number of ether oxygens (including phenoxy) is 1. The van der Waals surface area contributed by atoms with Gasteiger partial charge in [-0.3, -0.25) is 9.67 Å². The summed E-state index contributed by atoms with van der Waals surface area (Å²) < 4.78 is 6.96. The molecule has 0 amide bonds. The molecule has 2 heterocycles. The number of aliphatic hydroxyl groups is 1. The topological polar surface area (TPSA) is 60.2 Å². The SMILES string of the molecule is CCn1ncc(OC)c1C(O)c1cncc(C)c1. The van der Waals surface area contributed by atoms with Gasteiger partial charge in [0.2, 0.25) is 0 Å². The second kappa shape index (κ2) is 5.18. The summed E-state index contributed by atoms with van der Waals surface area (Å²) in [6, 6.07) is 1.91. The first-order valence-electron chi connectivity index (χ1n) is 5.86. The van der Waals surface area contributed by atoms with Gasteiger partial charge in [0.1, 0.15) is 11.8 Å². The van der Waals surface area contributed by atoms with Crippen molar-refractivity contribution in [1.29, 1.82) is 0 Å². The Morgan fingerprint density at radius 1 is 1.39 bits per heavy atom. The fourth-order valence-corrected chi connectivity index (χ4v) is 1.95. The summed E-state index contributed by atoms with van der Waals surface area (Å²) in [4.78, 5) is 4.10. The van der Waals surface area contributed by atoms with Crippen molar-refractivity contribution in [2.45, 2.75) is 26.5 Å². The Morgan fingerprint density at radius 3 is 2.78 bits per heavy atom. The zero-order valence-electron chi connectivity index (χ0n) is 10.8. The van der Waals surface area contributed by atoms with Gasteiger partial charge in [-0.2, -0.15) is 5.10 Å². The predicted molar refractivity (Wildman–Crippen MR) is 67.5 cm³/mol. The quantitative estimate of drug-likeness (QED) is 0.893. The molecule has 5 nitrogen and oxygen atoms in total. The lowest BCUT2D eigenvalue weighted by Crippen LogP contribution is -2.10. The molecule has 0 aliphatic carbocycles. The highest BCUT2D eigenvalue weighted by molar-refractivity contribution is 5.34. The van der Waals surface area contributed by atoms with Crippen LogP contribution in [-0.4, -0.2) is 27.0 Å². The molecule has 0 aliphatic rings. The Hall–Kier alpha value is -1.88. The van der Waals surface area contributed by atoms with Crippen LogP contribution in [0.25, 0.3) is 0 Å².